The van der Waals surface area contributed by atoms with E-state index < -0.39 is 0 Å². The van der Waals surface area contributed by atoms with Gasteiger partial charge in [-0.05, 0) is 151 Å². The molecule has 0 atom stereocenters. The van der Waals surface area contributed by atoms with Crippen molar-refractivity contribution in [1.82, 2.24) is 0 Å². The van der Waals surface area contributed by atoms with Crippen molar-refractivity contribution in [3.05, 3.63) is 130 Å². The minimum atomic E-state index is -0.336. The van der Waals surface area contributed by atoms with Gasteiger partial charge in [0, 0.05) is 11.0 Å². The predicted octanol–water partition coefficient (Wildman–Crippen LogP) is 13.8. The van der Waals surface area contributed by atoms with Gasteiger partial charge in [-0.15, -0.1) is 0 Å². The van der Waals surface area contributed by atoms with Crippen LogP contribution in [0.4, 0.5) is 0 Å². The van der Waals surface area contributed by atoms with E-state index in [1.165, 1.54) is 60.8 Å². The van der Waals surface area contributed by atoms with Crippen molar-refractivity contribution < 1.29 is 19.4 Å². The third-order valence-electron chi connectivity index (χ3n) is 11.4. The summed E-state index contributed by atoms with van der Waals surface area (Å²) in [5, 5.41) is 30.4. The van der Waals surface area contributed by atoms with E-state index in [0.717, 1.165) is 79.4 Å². The molecule has 4 aromatic rings. The van der Waals surface area contributed by atoms with Crippen molar-refractivity contribution in [1.29, 1.82) is 10.5 Å². The molecule has 1 aliphatic carbocycles. The summed E-state index contributed by atoms with van der Waals surface area (Å²) in [5.41, 5.74) is 10.2. The molecule has 0 heterocycles. The van der Waals surface area contributed by atoms with Crippen LogP contribution in [0.25, 0.3) is 34.4 Å². The first-order valence-corrected chi connectivity index (χ1v) is 21.6. The largest absolute Gasteiger partial charge is 0.508 e. The van der Waals surface area contributed by atoms with E-state index in [0.29, 0.717) is 29.9 Å². The fourth-order valence-corrected chi connectivity index (χ4v) is 8.18. The number of fused-ring (bicyclic) bond motifs is 3. The molecule has 0 fully saturated rings. The van der Waals surface area contributed by atoms with Crippen molar-refractivity contribution in [2.24, 2.45) is 0 Å². The molecule has 1 N–H and O–H groups in total. The third kappa shape index (κ3) is 11.9. The number of phenolic OH excluding ortho intramolecular Hbond substituents is 1. The zero-order chi connectivity index (χ0) is 42.0. The molecule has 5 rings (SSSR count). The number of unbranched alkanes of at least 4 members (excludes halogenated alkanes) is 9. The number of esters is 1. The van der Waals surface area contributed by atoms with Gasteiger partial charge >= 0.3 is 5.97 Å². The lowest BCUT2D eigenvalue weighted by molar-refractivity contribution is -0.139. The van der Waals surface area contributed by atoms with Crippen molar-refractivity contribution >= 4 is 29.3 Å². The van der Waals surface area contributed by atoms with E-state index >= 15 is 0 Å². The third-order valence-corrected chi connectivity index (χ3v) is 11.4. The molecule has 0 aliphatic heterocycles. The summed E-state index contributed by atoms with van der Waals surface area (Å²) >= 11 is 0. The molecule has 0 amide bonds. The number of rotatable bonds is 23. The quantitative estimate of drug-likeness (QED) is 0.0264. The molecule has 0 bridgehead atoms. The lowest BCUT2D eigenvalue weighted by Gasteiger charge is -2.33. The summed E-state index contributed by atoms with van der Waals surface area (Å²) in [6.07, 6.45) is 19.1. The molecule has 0 saturated heterocycles. The standard InChI is InChI=1S/C53H60N2O4/c1-5-7-9-13-29-53(30-14-10-8-6-2)50-35-40(33-44(37-54)42-19-23-46(56)24-20-42)17-27-48(50)49-28-18-41(36-51(49)53)34-45(38-55)43-21-25-47(26-22-43)58-31-15-11-12-16-32-59-52(57)39(3)4/h17-28,33-36,56H,3,5-16,29-32H2,1-2,4H3/b44-33+,45-34+. The highest BCUT2D eigenvalue weighted by Crippen LogP contribution is 2.55. The van der Waals surface area contributed by atoms with E-state index in [4.69, 9.17) is 9.47 Å². The lowest BCUT2D eigenvalue weighted by Crippen LogP contribution is -2.25. The Hall–Kier alpha value is -5.85. The van der Waals surface area contributed by atoms with Gasteiger partial charge in [0.2, 0.25) is 0 Å². The van der Waals surface area contributed by atoms with Crippen LogP contribution in [-0.2, 0) is 14.9 Å². The van der Waals surface area contributed by atoms with Crippen LogP contribution in [0.1, 0.15) is 144 Å². The number of phenols is 1. The maximum atomic E-state index is 11.5. The summed E-state index contributed by atoms with van der Waals surface area (Å²) in [6, 6.07) is 32.8. The molecular weight excluding hydrogens is 729 g/mol. The Bertz CT molecular complexity index is 2170. The highest BCUT2D eigenvalue weighted by molar-refractivity contribution is 5.93. The Morgan fingerprint density at radius 3 is 1.61 bits per heavy atom. The number of hydrogen-bond acceptors (Lipinski definition) is 6. The minimum Gasteiger partial charge on any atom is -0.508 e. The fraction of sp³-hybridized carbons (Fsp3) is 0.377. The highest BCUT2D eigenvalue weighted by Gasteiger charge is 2.42. The first kappa shape index (κ1) is 44.3. The lowest BCUT2D eigenvalue weighted by atomic mass is 9.70. The second kappa shape index (κ2) is 22.3. The molecular formula is C53H60N2O4. The smallest absolute Gasteiger partial charge is 0.333 e. The van der Waals surface area contributed by atoms with Crippen LogP contribution in [0.15, 0.2) is 97.1 Å². The summed E-state index contributed by atoms with van der Waals surface area (Å²) < 4.78 is 11.2. The average Bonchev–Trinajstić information content (AvgIpc) is 3.51. The fourth-order valence-electron chi connectivity index (χ4n) is 8.18. The van der Waals surface area contributed by atoms with Gasteiger partial charge in [0.1, 0.15) is 11.5 Å². The van der Waals surface area contributed by atoms with Crippen molar-refractivity contribution in [3.8, 4) is 34.8 Å². The van der Waals surface area contributed by atoms with Gasteiger partial charge in [-0.3, -0.25) is 0 Å². The maximum Gasteiger partial charge on any atom is 0.333 e. The van der Waals surface area contributed by atoms with Crippen LogP contribution in [-0.4, -0.2) is 24.3 Å². The zero-order valence-corrected chi connectivity index (χ0v) is 35.3. The molecule has 0 aromatic heterocycles. The van der Waals surface area contributed by atoms with Crippen LogP contribution in [0.3, 0.4) is 0 Å². The van der Waals surface area contributed by atoms with Gasteiger partial charge < -0.3 is 14.6 Å². The molecule has 59 heavy (non-hydrogen) atoms. The number of hydrogen-bond donors (Lipinski definition) is 1. The van der Waals surface area contributed by atoms with Gasteiger partial charge in [-0.1, -0.05) is 108 Å². The Morgan fingerprint density at radius 2 is 1.14 bits per heavy atom. The minimum absolute atomic E-state index is 0.175. The van der Waals surface area contributed by atoms with Crippen molar-refractivity contribution in [2.75, 3.05) is 13.2 Å². The molecule has 6 heteroatoms. The Morgan fingerprint density at radius 1 is 0.661 bits per heavy atom. The van der Waals surface area contributed by atoms with E-state index in [9.17, 15) is 20.4 Å². The first-order valence-electron chi connectivity index (χ1n) is 21.6. The molecule has 0 saturated carbocycles. The number of benzene rings is 4. The van der Waals surface area contributed by atoms with Gasteiger partial charge in [-0.2, -0.15) is 10.5 Å². The van der Waals surface area contributed by atoms with E-state index in [1.54, 1.807) is 31.2 Å². The van der Waals surface area contributed by atoms with Crippen LogP contribution in [0, 0.1) is 22.7 Å². The van der Waals surface area contributed by atoms with Crippen LogP contribution in [0.2, 0.25) is 0 Å². The molecule has 0 spiro atoms. The summed E-state index contributed by atoms with van der Waals surface area (Å²) in [4.78, 5) is 11.5. The molecule has 0 radical (unpaired) electrons. The van der Waals surface area contributed by atoms with E-state index in [1.807, 2.05) is 36.4 Å². The number of carbonyl (C=O) groups excluding carboxylic acids is 1. The Kier molecular flexibility index (Phi) is 16.8. The number of aromatic hydroxyl groups is 1. The van der Waals surface area contributed by atoms with Gasteiger partial charge in [0.05, 0.1) is 36.5 Å². The number of carbonyl (C=O) groups is 1. The topological polar surface area (TPSA) is 103 Å². The second-order valence-electron chi connectivity index (χ2n) is 15.9. The summed E-state index contributed by atoms with van der Waals surface area (Å²) in [5.74, 6) is 0.609. The average molecular weight is 789 g/mol. The van der Waals surface area contributed by atoms with Gasteiger partial charge in [-0.25, -0.2) is 4.79 Å². The predicted molar refractivity (Wildman–Crippen MR) is 241 cm³/mol. The molecule has 4 aromatic carbocycles. The van der Waals surface area contributed by atoms with E-state index in [2.05, 4.69) is 69.0 Å². The van der Waals surface area contributed by atoms with Crippen LogP contribution in [0.5, 0.6) is 11.5 Å². The summed E-state index contributed by atoms with van der Waals surface area (Å²) in [6.45, 7) is 10.8. The Balaban J connectivity index is 1.40. The number of nitrogens with zero attached hydrogens (tertiary/aromatic N) is 2. The molecule has 306 valence electrons. The molecule has 6 nitrogen and oxygen atoms in total. The number of ether oxygens (including phenoxy) is 2. The first-order chi connectivity index (χ1) is 28.7. The normalized spacial score (nSPS) is 12.9. The highest BCUT2D eigenvalue weighted by atomic mass is 16.5. The van der Waals surface area contributed by atoms with E-state index in [-0.39, 0.29) is 17.1 Å². The van der Waals surface area contributed by atoms with Gasteiger partial charge in [0.25, 0.3) is 0 Å². The van der Waals surface area contributed by atoms with Crippen LogP contribution >= 0.6 is 0 Å². The Labute approximate surface area is 352 Å². The molecule has 0 unspecified atom stereocenters. The van der Waals surface area contributed by atoms with Gasteiger partial charge in [0.15, 0.2) is 0 Å². The molecule has 1 aliphatic rings. The van der Waals surface area contributed by atoms with Crippen LogP contribution < -0.4 is 4.74 Å². The number of allylic oxidation sites excluding steroid dienone is 2. The number of nitriles is 2. The van der Waals surface area contributed by atoms with Crippen molar-refractivity contribution in [3.63, 3.8) is 0 Å². The summed E-state index contributed by atoms with van der Waals surface area (Å²) in [7, 11) is 0. The second-order valence-corrected chi connectivity index (χ2v) is 15.9. The monoisotopic (exact) mass is 788 g/mol. The van der Waals surface area contributed by atoms with Crippen molar-refractivity contribution in [2.45, 2.75) is 116 Å². The SMILES string of the molecule is C=C(C)C(=O)OCCCCCCOc1ccc(/C(C#N)=C/c2ccc3c(c2)C(CCCCCC)(CCCCCC)c2cc(/C=C(\C#N)c4ccc(O)cc4)ccc2-3)cc1. The maximum absolute atomic E-state index is 11.5. The zero-order valence-electron chi connectivity index (χ0n) is 35.3.